The number of carbonyl (C=O) groups excluding carboxylic acids is 2. The Morgan fingerprint density at radius 3 is 2.29 bits per heavy atom. The van der Waals surface area contributed by atoms with E-state index in [1.165, 1.54) is 13.2 Å². The van der Waals surface area contributed by atoms with Crippen molar-refractivity contribution in [1.29, 1.82) is 0 Å². The number of nitrogens with one attached hydrogen (secondary N) is 3. The molecule has 0 saturated carbocycles. The summed E-state index contributed by atoms with van der Waals surface area (Å²) in [6.07, 6.45) is 2.92. The minimum atomic E-state index is -0.447. The van der Waals surface area contributed by atoms with Crippen LogP contribution >= 0.6 is 12.2 Å². The zero-order valence-corrected chi connectivity index (χ0v) is 16.6. The van der Waals surface area contributed by atoms with Gasteiger partial charge in [0, 0.05) is 11.6 Å². The predicted octanol–water partition coefficient (Wildman–Crippen LogP) is 2.36. The first kappa shape index (κ1) is 20.9. The summed E-state index contributed by atoms with van der Waals surface area (Å²) in [4.78, 5) is 24.0. The molecule has 28 heavy (non-hydrogen) atoms. The summed E-state index contributed by atoms with van der Waals surface area (Å²) in [5.74, 6) is 0.342. The van der Waals surface area contributed by atoms with E-state index >= 15 is 0 Å². The third kappa shape index (κ3) is 6.10. The lowest BCUT2D eigenvalue weighted by Crippen LogP contribution is -2.48. The van der Waals surface area contributed by atoms with E-state index in [0.29, 0.717) is 17.1 Å². The zero-order chi connectivity index (χ0) is 20.5. The standard InChI is InChI=1S/C20H21N3O4S/c1-13-4-8-15(9-5-13)19(25)22-23-20(28)21-18(24)11-7-14-6-10-16(26-2)17(12-14)27-3/h4-12H,1-3H3,(H,22,25)(H2,21,23,24,28). The molecule has 0 atom stereocenters. The van der Waals surface area contributed by atoms with Crippen molar-refractivity contribution in [1.82, 2.24) is 16.2 Å². The van der Waals surface area contributed by atoms with Crippen molar-refractivity contribution in [2.45, 2.75) is 6.92 Å². The van der Waals surface area contributed by atoms with E-state index in [0.717, 1.165) is 11.1 Å². The Hall–Kier alpha value is -3.39. The molecule has 0 unspecified atom stereocenters. The number of amides is 2. The number of hydrazine groups is 1. The fourth-order valence-electron chi connectivity index (χ4n) is 2.20. The van der Waals surface area contributed by atoms with Crippen molar-refractivity contribution in [3.05, 3.63) is 65.2 Å². The van der Waals surface area contributed by atoms with Gasteiger partial charge in [0.2, 0.25) is 5.91 Å². The minimum absolute atomic E-state index is 0.0255. The van der Waals surface area contributed by atoms with Gasteiger partial charge in [0.25, 0.3) is 5.91 Å². The fraction of sp³-hybridized carbons (Fsp3) is 0.150. The van der Waals surface area contributed by atoms with Crippen LogP contribution in [0.2, 0.25) is 0 Å². The van der Waals surface area contributed by atoms with E-state index in [2.05, 4.69) is 16.2 Å². The number of carbonyl (C=O) groups is 2. The lowest BCUT2D eigenvalue weighted by Gasteiger charge is -2.10. The maximum absolute atomic E-state index is 12.0. The second-order valence-corrected chi connectivity index (χ2v) is 6.12. The highest BCUT2D eigenvalue weighted by atomic mass is 32.1. The molecule has 0 spiro atoms. The van der Waals surface area contributed by atoms with Gasteiger partial charge in [-0.3, -0.25) is 25.8 Å². The van der Waals surface area contributed by atoms with Crippen LogP contribution in [0.3, 0.4) is 0 Å². The van der Waals surface area contributed by atoms with Crippen molar-refractivity contribution in [3.8, 4) is 11.5 Å². The van der Waals surface area contributed by atoms with E-state index in [1.807, 2.05) is 19.1 Å². The highest BCUT2D eigenvalue weighted by Gasteiger charge is 2.07. The molecular weight excluding hydrogens is 378 g/mol. The molecule has 2 aromatic carbocycles. The third-order valence-corrected chi connectivity index (χ3v) is 3.88. The molecule has 0 aliphatic heterocycles. The summed E-state index contributed by atoms with van der Waals surface area (Å²) in [5, 5.41) is 2.42. The number of aryl methyl sites for hydroxylation is 1. The number of rotatable bonds is 5. The SMILES string of the molecule is COc1ccc(C=CC(=O)NC(=S)NNC(=O)c2ccc(C)cc2)cc1OC. The zero-order valence-electron chi connectivity index (χ0n) is 15.7. The molecule has 146 valence electrons. The van der Waals surface area contributed by atoms with E-state index < -0.39 is 5.91 Å². The van der Waals surface area contributed by atoms with Crippen molar-refractivity contribution in [2.24, 2.45) is 0 Å². The van der Waals surface area contributed by atoms with E-state index in [-0.39, 0.29) is 11.0 Å². The Bertz CT molecular complexity index is 895. The lowest BCUT2D eigenvalue weighted by molar-refractivity contribution is -0.115. The van der Waals surface area contributed by atoms with Crippen LogP contribution in [0.1, 0.15) is 21.5 Å². The predicted molar refractivity (Wildman–Crippen MR) is 111 cm³/mol. The molecule has 2 amide bonds. The van der Waals surface area contributed by atoms with E-state index in [9.17, 15) is 9.59 Å². The maximum Gasteiger partial charge on any atom is 0.269 e. The summed E-state index contributed by atoms with van der Waals surface area (Å²) < 4.78 is 10.4. The first-order valence-corrected chi connectivity index (χ1v) is 8.72. The second-order valence-electron chi connectivity index (χ2n) is 5.71. The molecule has 0 heterocycles. The van der Waals surface area contributed by atoms with Crippen molar-refractivity contribution in [2.75, 3.05) is 14.2 Å². The van der Waals surface area contributed by atoms with Crippen LogP contribution in [0.4, 0.5) is 0 Å². The quantitative estimate of drug-likeness (QED) is 0.406. The molecule has 2 aromatic rings. The Balaban J connectivity index is 1.85. The van der Waals surface area contributed by atoms with Crippen LogP contribution in [0.15, 0.2) is 48.5 Å². The molecule has 0 aliphatic carbocycles. The van der Waals surface area contributed by atoms with Gasteiger partial charge in [0.05, 0.1) is 14.2 Å². The van der Waals surface area contributed by atoms with Crippen LogP contribution in [0, 0.1) is 6.92 Å². The molecule has 0 fully saturated rings. The van der Waals surface area contributed by atoms with Crippen LogP contribution in [0.5, 0.6) is 11.5 Å². The Morgan fingerprint density at radius 1 is 0.964 bits per heavy atom. The van der Waals surface area contributed by atoms with Gasteiger partial charge >= 0.3 is 0 Å². The number of ether oxygens (including phenoxy) is 2. The molecule has 7 nitrogen and oxygen atoms in total. The lowest BCUT2D eigenvalue weighted by atomic mass is 10.1. The van der Waals surface area contributed by atoms with E-state index in [1.54, 1.807) is 43.5 Å². The minimum Gasteiger partial charge on any atom is -0.493 e. The van der Waals surface area contributed by atoms with Gasteiger partial charge in [0.15, 0.2) is 16.6 Å². The second kappa shape index (κ2) is 10.1. The summed E-state index contributed by atoms with van der Waals surface area (Å²) in [7, 11) is 3.08. The monoisotopic (exact) mass is 399 g/mol. The van der Waals surface area contributed by atoms with Crippen molar-refractivity contribution >= 4 is 35.2 Å². The normalized spacial score (nSPS) is 10.2. The topological polar surface area (TPSA) is 88.7 Å². The Kier molecular flexibility index (Phi) is 7.53. The Labute approximate surface area is 168 Å². The van der Waals surface area contributed by atoms with Gasteiger partial charge in [-0.25, -0.2) is 0 Å². The van der Waals surface area contributed by atoms with Gasteiger partial charge < -0.3 is 9.47 Å². The third-order valence-electron chi connectivity index (χ3n) is 3.67. The van der Waals surface area contributed by atoms with Gasteiger partial charge in [-0.2, -0.15) is 0 Å². The summed E-state index contributed by atoms with van der Waals surface area (Å²) in [6, 6.07) is 12.3. The number of benzene rings is 2. The molecule has 0 bridgehead atoms. The highest BCUT2D eigenvalue weighted by molar-refractivity contribution is 7.80. The van der Waals surface area contributed by atoms with Gasteiger partial charge in [-0.05, 0) is 55.0 Å². The van der Waals surface area contributed by atoms with Crippen LogP contribution < -0.4 is 25.6 Å². The van der Waals surface area contributed by atoms with Crippen molar-refractivity contribution < 1.29 is 19.1 Å². The first-order chi connectivity index (χ1) is 13.4. The molecule has 0 aromatic heterocycles. The van der Waals surface area contributed by atoms with Crippen LogP contribution in [-0.2, 0) is 4.79 Å². The van der Waals surface area contributed by atoms with E-state index in [4.69, 9.17) is 21.7 Å². The summed E-state index contributed by atoms with van der Waals surface area (Å²) >= 11 is 4.99. The smallest absolute Gasteiger partial charge is 0.269 e. The summed E-state index contributed by atoms with van der Waals surface area (Å²) in [6.45, 7) is 1.93. The molecule has 8 heteroatoms. The van der Waals surface area contributed by atoms with Gasteiger partial charge in [-0.15, -0.1) is 0 Å². The first-order valence-electron chi connectivity index (χ1n) is 8.31. The molecule has 0 saturated heterocycles. The number of methoxy groups -OCH3 is 2. The Morgan fingerprint density at radius 2 is 1.64 bits per heavy atom. The largest absolute Gasteiger partial charge is 0.493 e. The molecule has 2 rings (SSSR count). The average Bonchev–Trinajstić information content (AvgIpc) is 2.70. The molecule has 3 N–H and O–H groups in total. The molecule has 0 radical (unpaired) electrons. The fourth-order valence-corrected chi connectivity index (χ4v) is 2.36. The summed E-state index contributed by atoms with van der Waals surface area (Å²) in [5.41, 5.74) is 7.18. The number of thiocarbonyl (C=S) groups is 1. The maximum atomic E-state index is 12.0. The molecule has 0 aliphatic rings. The van der Waals surface area contributed by atoms with Crippen LogP contribution in [0.25, 0.3) is 6.08 Å². The average molecular weight is 399 g/mol. The number of hydrogen-bond acceptors (Lipinski definition) is 5. The van der Waals surface area contributed by atoms with Crippen molar-refractivity contribution in [3.63, 3.8) is 0 Å². The van der Waals surface area contributed by atoms with Gasteiger partial charge in [0.1, 0.15) is 0 Å². The van der Waals surface area contributed by atoms with Gasteiger partial charge in [-0.1, -0.05) is 23.8 Å². The number of hydrogen-bond donors (Lipinski definition) is 3. The molecular formula is C20H21N3O4S. The highest BCUT2D eigenvalue weighted by Crippen LogP contribution is 2.27. The van der Waals surface area contributed by atoms with Crippen LogP contribution in [-0.4, -0.2) is 31.1 Å².